The lowest BCUT2D eigenvalue weighted by Gasteiger charge is -2.08. The molecule has 0 atom stereocenters. The number of benzene rings is 1. The summed E-state index contributed by atoms with van der Waals surface area (Å²) in [5.74, 6) is 1.74. The van der Waals surface area contributed by atoms with Gasteiger partial charge in [0, 0.05) is 6.07 Å². The van der Waals surface area contributed by atoms with Crippen molar-refractivity contribution >= 4 is 22.6 Å². The van der Waals surface area contributed by atoms with Gasteiger partial charge >= 0.3 is 0 Å². The van der Waals surface area contributed by atoms with Gasteiger partial charge in [-0.25, -0.2) is 0 Å². The van der Waals surface area contributed by atoms with Crippen LogP contribution in [0.1, 0.15) is 13.3 Å². The first-order valence-corrected chi connectivity index (χ1v) is 5.32. The average Bonchev–Trinajstić information content (AvgIpc) is 2.17. The molecule has 0 saturated carbocycles. The van der Waals surface area contributed by atoms with Crippen LogP contribution in [-0.4, -0.2) is 13.7 Å². The molecule has 0 radical (unpaired) electrons. The summed E-state index contributed by atoms with van der Waals surface area (Å²) in [6, 6.07) is 5.84. The zero-order valence-electron chi connectivity index (χ0n) is 7.84. The lowest BCUT2D eigenvalue weighted by atomic mass is 10.3. The van der Waals surface area contributed by atoms with Gasteiger partial charge in [-0.05, 0) is 41.1 Å². The van der Waals surface area contributed by atoms with Crippen LogP contribution in [0.4, 0.5) is 0 Å². The highest BCUT2D eigenvalue weighted by Gasteiger charge is 2.01. The maximum atomic E-state index is 5.54. The number of halogens is 1. The normalized spacial score (nSPS) is 9.77. The summed E-state index contributed by atoms with van der Waals surface area (Å²) in [5, 5.41) is 0. The van der Waals surface area contributed by atoms with Crippen molar-refractivity contribution in [3.05, 3.63) is 21.8 Å². The molecule has 2 nitrogen and oxygen atoms in total. The van der Waals surface area contributed by atoms with Gasteiger partial charge in [-0.15, -0.1) is 0 Å². The van der Waals surface area contributed by atoms with Crippen LogP contribution in [0.3, 0.4) is 0 Å². The molecule has 0 saturated heterocycles. The van der Waals surface area contributed by atoms with E-state index >= 15 is 0 Å². The Morgan fingerprint density at radius 2 is 2.15 bits per heavy atom. The number of rotatable bonds is 4. The molecular weight excluding hydrogens is 279 g/mol. The molecule has 0 bridgehead atoms. The fraction of sp³-hybridized carbons (Fsp3) is 0.400. The Hall–Kier alpha value is -0.450. The van der Waals surface area contributed by atoms with Gasteiger partial charge in [0.15, 0.2) is 0 Å². The molecule has 1 rings (SSSR count). The van der Waals surface area contributed by atoms with E-state index < -0.39 is 0 Å². The van der Waals surface area contributed by atoms with Crippen molar-refractivity contribution in [3.63, 3.8) is 0 Å². The third-order valence-electron chi connectivity index (χ3n) is 1.60. The predicted molar refractivity (Wildman–Crippen MR) is 61.5 cm³/mol. The minimum atomic E-state index is 0.753. The van der Waals surface area contributed by atoms with E-state index in [-0.39, 0.29) is 0 Å². The van der Waals surface area contributed by atoms with Crippen LogP contribution in [0.5, 0.6) is 11.5 Å². The van der Waals surface area contributed by atoms with Crippen molar-refractivity contribution in [3.8, 4) is 11.5 Å². The van der Waals surface area contributed by atoms with E-state index in [0.29, 0.717) is 0 Å². The minimum absolute atomic E-state index is 0.753. The molecule has 0 N–H and O–H groups in total. The molecule has 13 heavy (non-hydrogen) atoms. The van der Waals surface area contributed by atoms with Crippen LogP contribution in [0.15, 0.2) is 18.2 Å². The largest absolute Gasteiger partial charge is 0.497 e. The van der Waals surface area contributed by atoms with Crippen molar-refractivity contribution in [2.75, 3.05) is 13.7 Å². The second kappa shape index (κ2) is 5.32. The van der Waals surface area contributed by atoms with E-state index in [1.807, 2.05) is 18.2 Å². The van der Waals surface area contributed by atoms with Crippen LogP contribution in [-0.2, 0) is 0 Å². The Morgan fingerprint density at radius 3 is 2.77 bits per heavy atom. The lowest BCUT2D eigenvalue weighted by molar-refractivity contribution is 0.312. The second-order valence-corrected chi connectivity index (χ2v) is 3.81. The first-order valence-electron chi connectivity index (χ1n) is 4.24. The number of hydrogen-bond donors (Lipinski definition) is 0. The van der Waals surface area contributed by atoms with Gasteiger partial charge in [-0.3, -0.25) is 0 Å². The second-order valence-electron chi connectivity index (χ2n) is 2.64. The summed E-state index contributed by atoms with van der Waals surface area (Å²) in [6.45, 7) is 2.84. The Kier molecular flexibility index (Phi) is 4.35. The summed E-state index contributed by atoms with van der Waals surface area (Å²) >= 11 is 2.25. The monoisotopic (exact) mass is 292 g/mol. The molecule has 1 aromatic carbocycles. The molecule has 0 aromatic heterocycles. The topological polar surface area (TPSA) is 18.5 Å². The van der Waals surface area contributed by atoms with Gasteiger partial charge in [-0.2, -0.15) is 0 Å². The maximum Gasteiger partial charge on any atom is 0.136 e. The van der Waals surface area contributed by atoms with E-state index in [4.69, 9.17) is 9.47 Å². The smallest absolute Gasteiger partial charge is 0.136 e. The van der Waals surface area contributed by atoms with E-state index in [0.717, 1.165) is 28.1 Å². The molecule has 0 aliphatic carbocycles. The van der Waals surface area contributed by atoms with Crippen LogP contribution in [0.25, 0.3) is 0 Å². The third kappa shape index (κ3) is 3.06. The number of ether oxygens (including phenoxy) is 2. The van der Waals surface area contributed by atoms with Crippen LogP contribution < -0.4 is 9.47 Å². The maximum absolute atomic E-state index is 5.54. The van der Waals surface area contributed by atoms with Gasteiger partial charge in [0.1, 0.15) is 11.5 Å². The van der Waals surface area contributed by atoms with E-state index in [2.05, 4.69) is 29.5 Å². The Balaban J connectivity index is 2.78. The van der Waals surface area contributed by atoms with Gasteiger partial charge in [-0.1, -0.05) is 6.92 Å². The van der Waals surface area contributed by atoms with Crippen LogP contribution in [0, 0.1) is 3.57 Å². The molecule has 0 spiro atoms. The average molecular weight is 292 g/mol. The first kappa shape index (κ1) is 10.6. The first-order chi connectivity index (χ1) is 6.27. The van der Waals surface area contributed by atoms with Crippen LogP contribution >= 0.6 is 22.6 Å². The van der Waals surface area contributed by atoms with Gasteiger partial charge in [0.2, 0.25) is 0 Å². The molecule has 3 heteroatoms. The molecule has 0 unspecified atom stereocenters. The quantitative estimate of drug-likeness (QED) is 0.794. The van der Waals surface area contributed by atoms with Gasteiger partial charge in [0.05, 0.1) is 17.3 Å². The molecule has 1 aromatic rings. The zero-order chi connectivity index (χ0) is 9.68. The van der Waals surface area contributed by atoms with E-state index in [9.17, 15) is 0 Å². The lowest BCUT2D eigenvalue weighted by Crippen LogP contribution is -1.97. The van der Waals surface area contributed by atoms with Crippen molar-refractivity contribution in [2.24, 2.45) is 0 Å². The molecule has 72 valence electrons. The SMILES string of the molecule is CCCOc1cc(OC)ccc1I. The molecular formula is C10H13IO2. The van der Waals surface area contributed by atoms with Gasteiger partial charge < -0.3 is 9.47 Å². The molecule has 0 aliphatic rings. The number of methoxy groups -OCH3 is 1. The van der Waals surface area contributed by atoms with Crippen molar-refractivity contribution < 1.29 is 9.47 Å². The summed E-state index contributed by atoms with van der Waals surface area (Å²) < 4.78 is 11.8. The minimum Gasteiger partial charge on any atom is -0.497 e. The van der Waals surface area contributed by atoms with Crippen LogP contribution in [0.2, 0.25) is 0 Å². The summed E-state index contributed by atoms with van der Waals surface area (Å²) in [4.78, 5) is 0. The fourth-order valence-corrected chi connectivity index (χ4v) is 1.42. The highest BCUT2D eigenvalue weighted by Crippen LogP contribution is 2.25. The number of hydrogen-bond acceptors (Lipinski definition) is 2. The predicted octanol–water partition coefficient (Wildman–Crippen LogP) is 3.09. The third-order valence-corrected chi connectivity index (χ3v) is 2.49. The van der Waals surface area contributed by atoms with Crippen molar-refractivity contribution in [1.82, 2.24) is 0 Å². The molecule has 0 aliphatic heterocycles. The Labute approximate surface area is 92.4 Å². The van der Waals surface area contributed by atoms with E-state index in [1.54, 1.807) is 7.11 Å². The molecule has 0 heterocycles. The fourth-order valence-electron chi connectivity index (χ4n) is 0.933. The summed E-state index contributed by atoms with van der Waals surface area (Å²) in [5.41, 5.74) is 0. The molecule has 0 fully saturated rings. The molecule has 0 amide bonds. The zero-order valence-corrected chi connectivity index (χ0v) is 10.00. The Morgan fingerprint density at radius 1 is 1.38 bits per heavy atom. The summed E-state index contributed by atoms with van der Waals surface area (Å²) in [7, 11) is 1.66. The van der Waals surface area contributed by atoms with Crippen molar-refractivity contribution in [1.29, 1.82) is 0 Å². The Bertz CT molecular complexity index is 274. The van der Waals surface area contributed by atoms with Gasteiger partial charge in [0.25, 0.3) is 0 Å². The highest BCUT2D eigenvalue weighted by atomic mass is 127. The standard InChI is InChI=1S/C10H13IO2/c1-3-6-13-10-7-8(12-2)4-5-9(10)11/h4-5,7H,3,6H2,1-2H3. The summed E-state index contributed by atoms with van der Waals surface area (Å²) in [6.07, 6.45) is 1.02. The highest BCUT2D eigenvalue weighted by molar-refractivity contribution is 14.1. The van der Waals surface area contributed by atoms with E-state index in [1.165, 1.54) is 0 Å². The van der Waals surface area contributed by atoms with Crippen molar-refractivity contribution in [2.45, 2.75) is 13.3 Å².